The van der Waals surface area contributed by atoms with E-state index in [-0.39, 0.29) is 6.71 Å². The Morgan fingerprint density at radius 3 is 2.33 bits per heavy atom. The van der Waals surface area contributed by atoms with Gasteiger partial charge in [0.25, 0.3) is 0 Å². The maximum atomic E-state index is 2.38. The first kappa shape index (κ1) is 15.5. The average Bonchev–Trinajstić information content (AvgIpc) is 3.31. The molecule has 1 aliphatic rings. The van der Waals surface area contributed by atoms with Gasteiger partial charge in [0, 0.05) is 22.1 Å². The Morgan fingerprint density at radius 2 is 1.44 bits per heavy atom. The summed E-state index contributed by atoms with van der Waals surface area (Å²) < 4.78 is 2.73. The molecule has 0 radical (unpaired) electrons. The number of rotatable bonds is 1. The van der Waals surface area contributed by atoms with Gasteiger partial charge in [-0.05, 0) is 45.3 Å². The molecule has 6 rings (SSSR count). The summed E-state index contributed by atoms with van der Waals surface area (Å²) in [6, 6.07) is 26.5. The summed E-state index contributed by atoms with van der Waals surface area (Å²) in [7, 11) is 2.20. The van der Waals surface area contributed by atoms with Gasteiger partial charge in [-0.25, -0.2) is 0 Å². The van der Waals surface area contributed by atoms with E-state index in [1.165, 1.54) is 47.2 Å². The minimum atomic E-state index is 0.277. The van der Waals surface area contributed by atoms with Gasteiger partial charge in [-0.2, -0.15) is 0 Å². The third-order valence-corrected chi connectivity index (χ3v) is 7.88. The number of anilines is 2. The average molecular weight is 381 g/mol. The molecule has 0 fully saturated rings. The van der Waals surface area contributed by atoms with Gasteiger partial charge < -0.3 is 4.90 Å². The highest BCUT2D eigenvalue weighted by molar-refractivity contribution is 7.27. The van der Waals surface area contributed by atoms with Crippen LogP contribution < -0.4 is 21.3 Å². The van der Waals surface area contributed by atoms with Crippen molar-refractivity contribution in [1.82, 2.24) is 0 Å². The highest BCUT2D eigenvalue weighted by atomic mass is 32.1. The molecule has 0 saturated carbocycles. The van der Waals surface area contributed by atoms with Crippen LogP contribution in [0.2, 0.25) is 0 Å². The first-order valence-electron chi connectivity index (χ1n) is 9.13. The van der Waals surface area contributed by atoms with Crippen LogP contribution in [0.25, 0.3) is 20.2 Å². The van der Waals surface area contributed by atoms with Crippen LogP contribution in [0.5, 0.6) is 0 Å². The fraction of sp³-hybridized carbons (Fsp3) is 0.0435. The van der Waals surface area contributed by atoms with Gasteiger partial charge in [-0.3, -0.25) is 0 Å². The lowest BCUT2D eigenvalue weighted by Gasteiger charge is -2.32. The summed E-state index contributed by atoms with van der Waals surface area (Å²) >= 11 is 3.76. The van der Waals surface area contributed by atoms with Crippen LogP contribution in [0.3, 0.4) is 0 Å². The van der Waals surface area contributed by atoms with Crippen molar-refractivity contribution in [2.75, 3.05) is 11.9 Å². The molecule has 0 unspecified atom stereocenters. The van der Waals surface area contributed by atoms with E-state index in [0.717, 1.165) is 0 Å². The van der Waals surface area contributed by atoms with E-state index in [2.05, 4.69) is 90.1 Å². The molecule has 0 atom stereocenters. The zero-order chi connectivity index (χ0) is 18.0. The molecule has 1 nitrogen and oxygen atoms in total. The van der Waals surface area contributed by atoms with Crippen LogP contribution >= 0.6 is 22.7 Å². The minimum Gasteiger partial charge on any atom is -0.337 e. The van der Waals surface area contributed by atoms with E-state index >= 15 is 0 Å². The second-order valence-corrected chi connectivity index (χ2v) is 9.00. The molecule has 4 heteroatoms. The first-order chi connectivity index (χ1) is 13.3. The van der Waals surface area contributed by atoms with Crippen molar-refractivity contribution in [1.29, 1.82) is 0 Å². The second kappa shape index (κ2) is 5.72. The molecule has 3 aromatic carbocycles. The first-order valence-corrected chi connectivity index (χ1v) is 10.8. The van der Waals surface area contributed by atoms with Crippen molar-refractivity contribution in [3.8, 4) is 0 Å². The van der Waals surface area contributed by atoms with Crippen molar-refractivity contribution in [3.05, 3.63) is 78.2 Å². The van der Waals surface area contributed by atoms with Crippen molar-refractivity contribution in [2.45, 2.75) is 0 Å². The van der Waals surface area contributed by atoms with Crippen molar-refractivity contribution >= 4 is 76.6 Å². The standard InChI is InChI=1S/C23H16BNS2/c1-25-19-11-5-4-10-17(19)24(18-14-26-20-12-6-2-8-15(18)20)22-16-9-3-7-13-21(16)27-23(22)25/h2-14H,1H3. The Balaban J connectivity index is 1.74. The zero-order valence-electron chi connectivity index (χ0n) is 14.8. The number of thiophene rings is 2. The van der Waals surface area contributed by atoms with E-state index in [9.17, 15) is 0 Å². The number of fused-ring (bicyclic) bond motifs is 5. The van der Waals surface area contributed by atoms with Gasteiger partial charge in [0.1, 0.15) is 0 Å². The summed E-state index contributed by atoms with van der Waals surface area (Å²) in [6.07, 6.45) is 0. The van der Waals surface area contributed by atoms with Gasteiger partial charge in [0.05, 0.1) is 5.00 Å². The Hall–Kier alpha value is -2.56. The SMILES string of the molecule is CN1c2ccccc2B(c2csc3ccccc23)c2c1sc1ccccc21. The van der Waals surface area contributed by atoms with Gasteiger partial charge in [-0.15, -0.1) is 22.7 Å². The number of benzene rings is 3. The Labute approximate surface area is 166 Å². The summed E-state index contributed by atoms with van der Waals surface area (Å²) in [5.74, 6) is 0. The van der Waals surface area contributed by atoms with E-state index < -0.39 is 0 Å². The molecular weight excluding hydrogens is 365 g/mol. The van der Waals surface area contributed by atoms with E-state index in [1.807, 2.05) is 22.7 Å². The highest BCUT2D eigenvalue weighted by Gasteiger charge is 2.37. The van der Waals surface area contributed by atoms with Gasteiger partial charge in [0.2, 0.25) is 6.71 Å². The molecule has 0 bridgehead atoms. The number of hydrogen-bond acceptors (Lipinski definition) is 3. The minimum absolute atomic E-state index is 0.277. The van der Waals surface area contributed by atoms with Crippen LogP contribution in [0.4, 0.5) is 10.7 Å². The third kappa shape index (κ3) is 2.11. The van der Waals surface area contributed by atoms with Crippen LogP contribution in [0.1, 0.15) is 0 Å². The second-order valence-electron chi connectivity index (χ2n) is 7.06. The largest absolute Gasteiger partial charge is 0.337 e. The van der Waals surface area contributed by atoms with Gasteiger partial charge in [-0.1, -0.05) is 60.1 Å². The van der Waals surface area contributed by atoms with E-state index in [0.29, 0.717) is 0 Å². The summed E-state index contributed by atoms with van der Waals surface area (Å²) in [5.41, 5.74) is 5.61. The molecule has 27 heavy (non-hydrogen) atoms. The maximum absolute atomic E-state index is 2.38. The van der Waals surface area contributed by atoms with Crippen molar-refractivity contribution < 1.29 is 0 Å². The lowest BCUT2D eigenvalue weighted by Crippen LogP contribution is -2.56. The Morgan fingerprint density at radius 1 is 0.741 bits per heavy atom. The monoisotopic (exact) mass is 381 g/mol. The quantitative estimate of drug-likeness (QED) is 0.380. The van der Waals surface area contributed by atoms with Crippen LogP contribution in [-0.2, 0) is 0 Å². The molecule has 0 N–H and O–H groups in total. The molecule has 3 heterocycles. The summed E-state index contributed by atoms with van der Waals surface area (Å²) in [5, 5.41) is 6.51. The fourth-order valence-corrected chi connectivity index (χ4v) is 6.63. The summed E-state index contributed by atoms with van der Waals surface area (Å²) in [4.78, 5) is 2.38. The van der Waals surface area contributed by atoms with Crippen LogP contribution in [0.15, 0.2) is 78.2 Å². The van der Waals surface area contributed by atoms with Crippen LogP contribution in [-0.4, -0.2) is 13.8 Å². The Bertz CT molecular complexity index is 1320. The topological polar surface area (TPSA) is 3.24 Å². The molecule has 2 aromatic heterocycles. The van der Waals surface area contributed by atoms with Gasteiger partial charge in [0.15, 0.2) is 0 Å². The van der Waals surface area contributed by atoms with Crippen molar-refractivity contribution in [2.24, 2.45) is 0 Å². The normalized spacial score (nSPS) is 13.2. The van der Waals surface area contributed by atoms with E-state index in [4.69, 9.17) is 0 Å². The Kier molecular flexibility index (Phi) is 3.28. The lowest BCUT2D eigenvalue weighted by atomic mass is 9.35. The number of para-hydroxylation sites is 1. The highest BCUT2D eigenvalue weighted by Crippen LogP contribution is 2.37. The smallest absolute Gasteiger partial charge is 0.250 e. The number of nitrogens with zero attached hydrogens (tertiary/aromatic N) is 1. The molecular formula is C23H16BNS2. The number of hydrogen-bond donors (Lipinski definition) is 0. The predicted octanol–water partition coefficient (Wildman–Crippen LogP) is 4.71. The van der Waals surface area contributed by atoms with Gasteiger partial charge >= 0.3 is 0 Å². The van der Waals surface area contributed by atoms with E-state index in [1.54, 1.807) is 0 Å². The predicted molar refractivity (Wildman–Crippen MR) is 123 cm³/mol. The molecule has 5 aromatic rings. The third-order valence-electron chi connectivity index (χ3n) is 5.64. The molecule has 0 saturated heterocycles. The van der Waals surface area contributed by atoms with Crippen molar-refractivity contribution in [3.63, 3.8) is 0 Å². The molecule has 0 amide bonds. The fourth-order valence-electron chi connectivity index (χ4n) is 4.43. The summed E-state index contributed by atoms with van der Waals surface area (Å²) in [6.45, 7) is 0.277. The zero-order valence-corrected chi connectivity index (χ0v) is 16.5. The lowest BCUT2D eigenvalue weighted by molar-refractivity contribution is 1.25. The molecule has 1 aliphatic heterocycles. The van der Waals surface area contributed by atoms with Crippen LogP contribution in [0, 0.1) is 0 Å². The molecule has 128 valence electrons. The molecule has 0 spiro atoms. The molecule has 0 aliphatic carbocycles. The maximum Gasteiger partial charge on any atom is 0.250 e.